The average molecular weight is 243 g/mol. The lowest BCUT2D eigenvalue weighted by molar-refractivity contribution is 0.275. The summed E-state index contributed by atoms with van der Waals surface area (Å²) in [4.78, 5) is 0.291. The predicted octanol–water partition coefficient (Wildman–Crippen LogP) is 1.04. The lowest BCUT2D eigenvalue weighted by Crippen LogP contribution is -2.33. The second kappa shape index (κ2) is 5.43. The maximum atomic E-state index is 11.9. The number of aliphatic hydroxyl groups excluding tert-OH is 1. The molecule has 0 radical (unpaired) electrons. The first-order valence-electron chi connectivity index (χ1n) is 5.16. The third-order valence-electron chi connectivity index (χ3n) is 2.30. The van der Waals surface area contributed by atoms with Crippen molar-refractivity contribution in [2.75, 3.05) is 6.61 Å². The second-order valence-corrected chi connectivity index (χ2v) is 5.48. The fraction of sp³-hybridized carbons (Fsp3) is 0.455. The summed E-state index contributed by atoms with van der Waals surface area (Å²) in [5.74, 6) is 0. The Hall–Kier alpha value is -0.910. The van der Waals surface area contributed by atoms with E-state index >= 15 is 0 Å². The molecule has 2 N–H and O–H groups in total. The zero-order valence-electron chi connectivity index (χ0n) is 9.47. The lowest BCUT2D eigenvalue weighted by Gasteiger charge is -2.14. The van der Waals surface area contributed by atoms with E-state index in [2.05, 4.69) is 4.72 Å². The molecule has 1 atom stereocenters. The molecule has 1 aromatic rings. The minimum Gasteiger partial charge on any atom is -0.396 e. The monoisotopic (exact) mass is 243 g/mol. The molecule has 0 aliphatic heterocycles. The third-order valence-corrected chi connectivity index (χ3v) is 4.05. The summed E-state index contributed by atoms with van der Waals surface area (Å²) < 4.78 is 26.4. The van der Waals surface area contributed by atoms with Gasteiger partial charge in [-0.15, -0.1) is 0 Å². The van der Waals surface area contributed by atoms with Crippen LogP contribution >= 0.6 is 0 Å². The summed E-state index contributed by atoms with van der Waals surface area (Å²) in [5, 5.41) is 8.72. The van der Waals surface area contributed by atoms with Gasteiger partial charge in [0.25, 0.3) is 0 Å². The molecule has 0 spiro atoms. The van der Waals surface area contributed by atoms with Crippen LogP contribution in [0.15, 0.2) is 29.2 Å². The number of hydrogen-bond donors (Lipinski definition) is 2. The number of hydrogen-bond acceptors (Lipinski definition) is 3. The number of rotatable bonds is 5. The van der Waals surface area contributed by atoms with E-state index in [1.165, 1.54) is 0 Å². The maximum Gasteiger partial charge on any atom is 0.241 e. The van der Waals surface area contributed by atoms with Gasteiger partial charge >= 0.3 is 0 Å². The van der Waals surface area contributed by atoms with E-state index in [4.69, 9.17) is 5.11 Å². The Morgan fingerprint density at radius 2 is 2.00 bits per heavy atom. The molecular weight excluding hydrogens is 226 g/mol. The van der Waals surface area contributed by atoms with E-state index in [9.17, 15) is 8.42 Å². The Kier molecular flexibility index (Phi) is 4.46. The largest absolute Gasteiger partial charge is 0.396 e. The smallest absolute Gasteiger partial charge is 0.241 e. The summed E-state index contributed by atoms with van der Waals surface area (Å²) in [5.41, 5.74) is 0.714. The number of aliphatic hydroxyl groups is 1. The summed E-state index contributed by atoms with van der Waals surface area (Å²) in [6, 6.07) is 6.55. The zero-order valence-corrected chi connectivity index (χ0v) is 10.3. The highest BCUT2D eigenvalue weighted by atomic mass is 32.2. The minimum absolute atomic E-state index is 0.0303. The van der Waals surface area contributed by atoms with Gasteiger partial charge in [0, 0.05) is 12.6 Å². The molecule has 90 valence electrons. The normalized spacial score (nSPS) is 13.7. The van der Waals surface area contributed by atoms with E-state index in [0.717, 1.165) is 0 Å². The van der Waals surface area contributed by atoms with Crippen LogP contribution in [0.2, 0.25) is 0 Å². The van der Waals surface area contributed by atoms with Gasteiger partial charge in [0.15, 0.2) is 0 Å². The molecular formula is C11H17NO3S. The Labute approximate surface area is 96.4 Å². The minimum atomic E-state index is -3.47. The molecule has 0 fully saturated rings. The number of sulfonamides is 1. The van der Waals surface area contributed by atoms with Crippen LogP contribution in [0.25, 0.3) is 0 Å². The molecule has 1 aromatic carbocycles. The Bertz CT molecular complexity index is 442. The fourth-order valence-electron chi connectivity index (χ4n) is 1.44. The van der Waals surface area contributed by atoms with E-state index in [1.54, 1.807) is 38.1 Å². The molecule has 16 heavy (non-hydrogen) atoms. The van der Waals surface area contributed by atoms with Crippen molar-refractivity contribution in [1.29, 1.82) is 0 Å². The average Bonchev–Trinajstić information content (AvgIpc) is 2.17. The Balaban J connectivity index is 2.91. The standard InChI is InChI=1S/C11H17NO3S/c1-9-5-3-4-6-11(9)16(14,15)12-10(2)7-8-13/h3-6,10,12-13H,7-8H2,1-2H3. The van der Waals surface area contributed by atoms with Crippen LogP contribution in [0.4, 0.5) is 0 Å². The van der Waals surface area contributed by atoms with Crippen molar-refractivity contribution in [3.8, 4) is 0 Å². The molecule has 0 saturated heterocycles. The van der Waals surface area contributed by atoms with Gasteiger partial charge in [-0.2, -0.15) is 0 Å². The molecule has 0 heterocycles. The highest BCUT2D eigenvalue weighted by Gasteiger charge is 2.18. The first kappa shape index (κ1) is 13.2. The van der Waals surface area contributed by atoms with Crippen molar-refractivity contribution in [3.63, 3.8) is 0 Å². The van der Waals surface area contributed by atoms with Crippen LogP contribution in [-0.4, -0.2) is 26.2 Å². The molecule has 0 aliphatic rings. The van der Waals surface area contributed by atoms with Gasteiger partial charge in [-0.1, -0.05) is 18.2 Å². The number of aryl methyl sites for hydroxylation is 1. The van der Waals surface area contributed by atoms with E-state index in [1.807, 2.05) is 0 Å². The van der Waals surface area contributed by atoms with Crippen molar-refractivity contribution in [1.82, 2.24) is 4.72 Å². The van der Waals surface area contributed by atoms with E-state index in [0.29, 0.717) is 16.9 Å². The molecule has 0 amide bonds. The van der Waals surface area contributed by atoms with Gasteiger partial charge in [-0.05, 0) is 31.9 Å². The van der Waals surface area contributed by atoms with E-state index < -0.39 is 10.0 Å². The Morgan fingerprint density at radius 3 is 2.56 bits per heavy atom. The molecule has 0 aromatic heterocycles. The molecule has 1 rings (SSSR count). The van der Waals surface area contributed by atoms with Crippen molar-refractivity contribution in [2.45, 2.75) is 31.2 Å². The molecule has 0 aliphatic carbocycles. The van der Waals surface area contributed by atoms with Crippen LogP contribution < -0.4 is 4.72 Å². The van der Waals surface area contributed by atoms with Gasteiger partial charge in [0.1, 0.15) is 0 Å². The molecule has 1 unspecified atom stereocenters. The topological polar surface area (TPSA) is 66.4 Å². The molecule has 0 bridgehead atoms. The van der Waals surface area contributed by atoms with Gasteiger partial charge in [-0.25, -0.2) is 13.1 Å². The van der Waals surface area contributed by atoms with Crippen LogP contribution in [-0.2, 0) is 10.0 Å². The third kappa shape index (κ3) is 3.30. The lowest BCUT2D eigenvalue weighted by atomic mass is 10.2. The Morgan fingerprint density at radius 1 is 1.38 bits per heavy atom. The molecule has 0 saturated carbocycles. The summed E-state index contributed by atoms with van der Waals surface area (Å²) in [6.45, 7) is 3.45. The fourth-order valence-corrected chi connectivity index (χ4v) is 2.96. The van der Waals surface area contributed by atoms with Gasteiger partial charge in [0.05, 0.1) is 4.90 Å². The van der Waals surface area contributed by atoms with Crippen molar-refractivity contribution >= 4 is 10.0 Å². The second-order valence-electron chi connectivity index (χ2n) is 3.80. The quantitative estimate of drug-likeness (QED) is 0.812. The van der Waals surface area contributed by atoms with Crippen molar-refractivity contribution in [3.05, 3.63) is 29.8 Å². The summed E-state index contributed by atoms with van der Waals surface area (Å²) in [7, 11) is -3.47. The van der Waals surface area contributed by atoms with Crippen LogP contribution in [0, 0.1) is 6.92 Å². The zero-order chi connectivity index (χ0) is 12.2. The van der Waals surface area contributed by atoms with E-state index in [-0.39, 0.29) is 12.6 Å². The van der Waals surface area contributed by atoms with Crippen LogP contribution in [0.3, 0.4) is 0 Å². The van der Waals surface area contributed by atoms with Gasteiger partial charge < -0.3 is 5.11 Å². The van der Waals surface area contributed by atoms with Gasteiger partial charge in [-0.3, -0.25) is 0 Å². The maximum absolute atomic E-state index is 11.9. The summed E-state index contributed by atoms with van der Waals surface area (Å²) >= 11 is 0. The first-order valence-corrected chi connectivity index (χ1v) is 6.64. The van der Waals surface area contributed by atoms with Crippen LogP contribution in [0.5, 0.6) is 0 Å². The highest BCUT2D eigenvalue weighted by molar-refractivity contribution is 7.89. The van der Waals surface area contributed by atoms with Crippen LogP contribution in [0.1, 0.15) is 18.9 Å². The SMILES string of the molecule is Cc1ccccc1S(=O)(=O)NC(C)CCO. The summed E-state index contributed by atoms with van der Waals surface area (Å²) in [6.07, 6.45) is 0.408. The van der Waals surface area contributed by atoms with Gasteiger partial charge in [0.2, 0.25) is 10.0 Å². The molecule has 4 nitrogen and oxygen atoms in total. The van der Waals surface area contributed by atoms with Crippen molar-refractivity contribution < 1.29 is 13.5 Å². The highest BCUT2D eigenvalue weighted by Crippen LogP contribution is 2.14. The number of nitrogens with one attached hydrogen (secondary N) is 1. The first-order chi connectivity index (χ1) is 7.47. The number of benzene rings is 1. The molecule has 5 heteroatoms. The predicted molar refractivity (Wildman–Crippen MR) is 62.7 cm³/mol. The van der Waals surface area contributed by atoms with Crippen molar-refractivity contribution in [2.24, 2.45) is 0 Å².